The largest absolute Gasteiger partial charge is 0.507 e. The Morgan fingerprint density at radius 3 is 1.87 bits per heavy atom. The van der Waals surface area contributed by atoms with Gasteiger partial charge in [0, 0.05) is 6.42 Å². The number of hydrogen-bond donors (Lipinski definition) is 3. The average Bonchev–Trinajstić information content (AvgIpc) is 2.68. The van der Waals surface area contributed by atoms with Crippen LogP contribution in [-0.4, -0.2) is 34.7 Å². The van der Waals surface area contributed by atoms with E-state index in [0.29, 0.717) is 22.3 Å². The lowest BCUT2D eigenvalue weighted by molar-refractivity contribution is -0.147. The molecule has 2 atom stereocenters. The average molecular weight is 414 g/mol. The third-order valence-electron chi connectivity index (χ3n) is 5.28. The van der Waals surface area contributed by atoms with Crippen molar-refractivity contribution in [3.63, 3.8) is 0 Å². The van der Waals surface area contributed by atoms with Crippen LogP contribution in [0.5, 0.6) is 11.5 Å². The van der Waals surface area contributed by atoms with Crippen molar-refractivity contribution in [2.24, 2.45) is 0 Å². The lowest BCUT2D eigenvalue weighted by Crippen LogP contribution is -2.45. The Hall–Kier alpha value is -3.02. The highest BCUT2D eigenvalue weighted by Gasteiger charge is 2.26. The van der Waals surface area contributed by atoms with Crippen molar-refractivity contribution in [1.82, 2.24) is 5.32 Å². The van der Waals surface area contributed by atoms with E-state index in [9.17, 15) is 19.8 Å². The Labute approximate surface area is 177 Å². The molecule has 0 saturated heterocycles. The van der Waals surface area contributed by atoms with Crippen LogP contribution in [0.15, 0.2) is 24.3 Å². The van der Waals surface area contributed by atoms with Gasteiger partial charge in [-0.1, -0.05) is 24.3 Å². The molecular formula is C24H31NO5. The van der Waals surface area contributed by atoms with E-state index in [1.165, 1.54) is 0 Å². The Bertz CT molecular complexity index is 905. The Kier molecular flexibility index (Phi) is 7.48. The van der Waals surface area contributed by atoms with Crippen molar-refractivity contribution < 1.29 is 24.5 Å². The minimum Gasteiger partial charge on any atom is -0.507 e. The summed E-state index contributed by atoms with van der Waals surface area (Å²) in [7, 11) is 0. The van der Waals surface area contributed by atoms with E-state index < -0.39 is 17.9 Å². The molecule has 0 radical (unpaired) electrons. The van der Waals surface area contributed by atoms with Gasteiger partial charge in [-0.2, -0.15) is 0 Å². The fourth-order valence-corrected chi connectivity index (χ4v) is 3.52. The van der Waals surface area contributed by atoms with Gasteiger partial charge in [-0.15, -0.1) is 0 Å². The van der Waals surface area contributed by atoms with Crippen molar-refractivity contribution in [2.75, 3.05) is 6.61 Å². The summed E-state index contributed by atoms with van der Waals surface area (Å²) < 4.78 is 5.16. The molecule has 0 aliphatic carbocycles. The Balaban J connectivity index is 2.25. The Morgan fingerprint density at radius 1 is 0.933 bits per heavy atom. The number of rotatable bonds is 7. The van der Waals surface area contributed by atoms with Crippen LogP contribution in [0.4, 0.5) is 0 Å². The Morgan fingerprint density at radius 2 is 1.40 bits per heavy atom. The molecule has 0 aromatic heterocycles. The van der Waals surface area contributed by atoms with Crippen molar-refractivity contribution in [3.05, 3.63) is 57.6 Å². The monoisotopic (exact) mass is 413 g/mol. The minimum atomic E-state index is -0.845. The second kappa shape index (κ2) is 9.65. The molecule has 0 bridgehead atoms. The molecule has 3 N–H and O–H groups in total. The smallest absolute Gasteiger partial charge is 0.328 e. The molecule has 2 aromatic rings. The van der Waals surface area contributed by atoms with Crippen molar-refractivity contribution in [1.29, 1.82) is 0 Å². The zero-order valence-corrected chi connectivity index (χ0v) is 18.5. The zero-order valence-electron chi connectivity index (χ0n) is 18.5. The number of nitrogens with one attached hydrogen (secondary N) is 1. The van der Waals surface area contributed by atoms with Gasteiger partial charge < -0.3 is 20.3 Å². The number of hydrogen-bond acceptors (Lipinski definition) is 5. The predicted molar refractivity (Wildman–Crippen MR) is 116 cm³/mol. The fraction of sp³-hybridized carbons (Fsp3) is 0.417. The maximum absolute atomic E-state index is 12.9. The summed E-state index contributed by atoms with van der Waals surface area (Å²) in [6.07, 6.45) is 0.257. The van der Waals surface area contributed by atoms with Gasteiger partial charge in [0.1, 0.15) is 17.5 Å². The van der Waals surface area contributed by atoms with Crippen LogP contribution >= 0.6 is 0 Å². The number of phenols is 2. The summed E-state index contributed by atoms with van der Waals surface area (Å²) in [6.45, 7) is 10.8. The number of esters is 1. The summed E-state index contributed by atoms with van der Waals surface area (Å²) in [4.78, 5) is 25.4. The van der Waals surface area contributed by atoms with Gasteiger partial charge in [-0.25, -0.2) is 4.79 Å². The first-order valence-electron chi connectivity index (χ1n) is 10.1. The molecule has 0 spiro atoms. The number of benzene rings is 2. The van der Waals surface area contributed by atoms with E-state index in [4.69, 9.17) is 4.74 Å². The maximum Gasteiger partial charge on any atom is 0.328 e. The molecule has 30 heavy (non-hydrogen) atoms. The van der Waals surface area contributed by atoms with Crippen LogP contribution in [0.3, 0.4) is 0 Å². The van der Waals surface area contributed by atoms with Gasteiger partial charge in [0.2, 0.25) is 5.91 Å². The van der Waals surface area contributed by atoms with Crippen LogP contribution in [0, 0.1) is 27.7 Å². The standard InChI is InChI=1S/C24H31NO5/c1-7-30-24(29)20(12-18-8-13(2)21(26)14(3)9-18)25-23(28)17(6)19-10-15(4)22(27)16(5)11-19/h8-11,17,20,26-27H,7,12H2,1-6H3,(H,25,28). The van der Waals surface area contributed by atoms with Crippen LogP contribution in [0.1, 0.15) is 53.1 Å². The molecule has 2 rings (SSSR count). The second-order valence-electron chi connectivity index (χ2n) is 7.82. The normalized spacial score (nSPS) is 12.9. The number of phenolic OH excluding ortho intramolecular Hbond substituents is 2. The molecular weight excluding hydrogens is 382 g/mol. The maximum atomic E-state index is 12.9. The summed E-state index contributed by atoms with van der Waals surface area (Å²) in [5.74, 6) is -0.872. The predicted octanol–water partition coefficient (Wildman–Crippen LogP) is 3.73. The highest BCUT2D eigenvalue weighted by Crippen LogP contribution is 2.27. The summed E-state index contributed by atoms with van der Waals surface area (Å²) in [5, 5.41) is 22.8. The molecule has 0 heterocycles. The van der Waals surface area contributed by atoms with Crippen LogP contribution in [0.25, 0.3) is 0 Å². The number of carbonyl (C=O) groups excluding carboxylic acids is 2. The molecule has 6 nitrogen and oxygen atoms in total. The van der Waals surface area contributed by atoms with E-state index in [-0.39, 0.29) is 30.4 Å². The van der Waals surface area contributed by atoms with Gasteiger partial charge in [0.05, 0.1) is 12.5 Å². The van der Waals surface area contributed by atoms with Crippen LogP contribution < -0.4 is 5.32 Å². The lowest BCUT2D eigenvalue weighted by atomic mass is 9.94. The number of amides is 1. The number of carbonyl (C=O) groups is 2. The van der Waals surface area contributed by atoms with Gasteiger partial charge in [-0.3, -0.25) is 4.79 Å². The third-order valence-corrected chi connectivity index (χ3v) is 5.28. The first-order chi connectivity index (χ1) is 14.0. The summed E-state index contributed by atoms with van der Waals surface area (Å²) in [5.41, 5.74) is 4.40. The van der Waals surface area contributed by atoms with Gasteiger partial charge in [-0.05, 0) is 74.9 Å². The fourth-order valence-electron chi connectivity index (χ4n) is 3.52. The van der Waals surface area contributed by atoms with E-state index in [0.717, 1.165) is 11.1 Å². The van der Waals surface area contributed by atoms with E-state index in [2.05, 4.69) is 5.32 Å². The lowest BCUT2D eigenvalue weighted by Gasteiger charge is -2.21. The quantitative estimate of drug-likeness (QED) is 0.601. The van der Waals surface area contributed by atoms with Gasteiger partial charge in [0.15, 0.2) is 0 Å². The molecule has 0 fully saturated rings. The molecule has 0 saturated carbocycles. The molecule has 162 valence electrons. The number of aryl methyl sites for hydroxylation is 4. The van der Waals surface area contributed by atoms with E-state index in [1.54, 1.807) is 65.8 Å². The van der Waals surface area contributed by atoms with Crippen molar-refractivity contribution in [3.8, 4) is 11.5 Å². The summed E-state index contributed by atoms with van der Waals surface area (Å²) >= 11 is 0. The number of ether oxygens (including phenoxy) is 1. The first-order valence-corrected chi connectivity index (χ1v) is 10.1. The van der Waals surface area contributed by atoms with Crippen LogP contribution in [0.2, 0.25) is 0 Å². The van der Waals surface area contributed by atoms with Crippen molar-refractivity contribution in [2.45, 2.75) is 59.9 Å². The zero-order chi connectivity index (χ0) is 22.6. The highest BCUT2D eigenvalue weighted by atomic mass is 16.5. The minimum absolute atomic E-state index is 0.213. The summed E-state index contributed by atoms with van der Waals surface area (Å²) in [6, 6.07) is 6.31. The molecule has 1 amide bonds. The van der Waals surface area contributed by atoms with E-state index in [1.807, 2.05) is 0 Å². The molecule has 2 unspecified atom stereocenters. The molecule has 0 aliphatic heterocycles. The molecule has 2 aromatic carbocycles. The third kappa shape index (κ3) is 5.32. The highest BCUT2D eigenvalue weighted by molar-refractivity contribution is 5.88. The second-order valence-corrected chi connectivity index (χ2v) is 7.82. The van der Waals surface area contributed by atoms with Crippen LogP contribution in [-0.2, 0) is 20.7 Å². The SMILES string of the molecule is CCOC(=O)C(Cc1cc(C)c(O)c(C)c1)NC(=O)C(C)c1cc(C)c(O)c(C)c1. The van der Waals surface area contributed by atoms with Gasteiger partial charge in [0.25, 0.3) is 0 Å². The van der Waals surface area contributed by atoms with Crippen molar-refractivity contribution >= 4 is 11.9 Å². The number of aromatic hydroxyl groups is 2. The van der Waals surface area contributed by atoms with Gasteiger partial charge >= 0.3 is 5.97 Å². The first kappa shape index (κ1) is 23.3. The molecule has 6 heteroatoms. The molecule has 0 aliphatic rings. The topological polar surface area (TPSA) is 95.9 Å². The van der Waals surface area contributed by atoms with E-state index >= 15 is 0 Å².